The van der Waals surface area contributed by atoms with Gasteiger partial charge >= 0.3 is 0 Å². The first-order valence-electron chi connectivity index (χ1n) is 10.4. The van der Waals surface area contributed by atoms with Crippen molar-refractivity contribution in [3.05, 3.63) is 68.3 Å². The Kier molecular flexibility index (Phi) is 5.07. The minimum atomic E-state index is -0.418. The molecule has 1 aliphatic heterocycles. The molecular weight excluding hydrogens is 477 g/mol. The zero-order valence-electron chi connectivity index (χ0n) is 18.7. The predicted octanol–water partition coefficient (Wildman–Crippen LogP) is 4.68. The molecule has 0 fully saturated rings. The van der Waals surface area contributed by atoms with Crippen molar-refractivity contribution in [1.29, 1.82) is 0 Å². The van der Waals surface area contributed by atoms with Crippen LogP contribution in [-0.4, -0.2) is 41.2 Å². The predicted molar refractivity (Wildman–Crippen MR) is 132 cm³/mol. The van der Waals surface area contributed by atoms with Crippen molar-refractivity contribution in [2.24, 2.45) is 15.5 Å². The van der Waals surface area contributed by atoms with Gasteiger partial charge in [0.15, 0.2) is 5.75 Å². The number of phenols is 1. The molecule has 0 spiro atoms. The molecule has 1 aliphatic rings. The molecule has 0 aliphatic carbocycles. The summed E-state index contributed by atoms with van der Waals surface area (Å²) >= 11 is 12.2. The van der Waals surface area contributed by atoms with Gasteiger partial charge in [-0.05, 0) is 25.1 Å². The van der Waals surface area contributed by atoms with Crippen LogP contribution >= 0.6 is 23.2 Å². The maximum Gasteiger partial charge on any atom is 0.282 e. The minimum Gasteiger partial charge on any atom is -0.505 e. The molecule has 0 radical (unpaired) electrons. The van der Waals surface area contributed by atoms with E-state index in [1.165, 1.54) is 21.5 Å². The number of aryl methyl sites for hydroxylation is 1. The number of phenolic OH excluding ortho intramolecular Hbond substituents is 1. The number of aliphatic imine (C=N–C) groups is 1. The van der Waals surface area contributed by atoms with Crippen molar-refractivity contribution >= 4 is 51.1 Å². The van der Waals surface area contributed by atoms with Gasteiger partial charge in [0.25, 0.3) is 11.5 Å². The van der Waals surface area contributed by atoms with Crippen LogP contribution in [0.3, 0.4) is 0 Å². The fourth-order valence-electron chi connectivity index (χ4n) is 3.73. The molecule has 2 aromatic heterocycles. The Morgan fingerprint density at radius 1 is 1.03 bits per heavy atom. The normalized spacial score (nSPS) is 14.6. The third-order valence-corrected chi connectivity index (χ3v) is 5.97. The third-order valence-electron chi connectivity index (χ3n) is 5.39. The smallest absolute Gasteiger partial charge is 0.282 e. The molecule has 34 heavy (non-hydrogen) atoms. The van der Waals surface area contributed by atoms with Crippen molar-refractivity contribution in [2.45, 2.75) is 27.7 Å². The number of nitrogens with zero attached hydrogens (tertiary/aromatic N) is 7. The largest absolute Gasteiger partial charge is 0.505 e. The summed E-state index contributed by atoms with van der Waals surface area (Å²) < 4.78 is 2.67. The van der Waals surface area contributed by atoms with Crippen molar-refractivity contribution in [1.82, 2.24) is 24.7 Å². The summed E-state index contributed by atoms with van der Waals surface area (Å²) in [4.78, 5) is 17.9. The molecule has 4 aromatic rings. The SMILES string of the molecule is Cc1nn(-c2nnc3n2N=C(C(C)(C)C)C3=Nc2cc(Cl)c(O)c(Cl)c2)c(=O)c2ccccc12. The number of halogens is 2. The van der Waals surface area contributed by atoms with Crippen LogP contribution in [0.5, 0.6) is 5.75 Å². The van der Waals surface area contributed by atoms with Crippen LogP contribution in [0.4, 0.5) is 5.69 Å². The highest BCUT2D eigenvalue weighted by Gasteiger charge is 2.36. The third kappa shape index (κ3) is 3.48. The summed E-state index contributed by atoms with van der Waals surface area (Å²) in [6.07, 6.45) is 0. The molecule has 0 amide bonds. The van der Waals surface area contributed by atoms with Gasteiger partial charge in [-0.2, -0.15) is 19.6 Å². The van der Waals surface area contributed by atoms with Crippen LogP contribution in [0.1, 0.15) is 32.3 Å². The van der Waals surface area contributed by atoms with Crippen LogP contribution in [0, 0.1) is 12.3 Å². The van der Waals surface area contributed by atoms with E-state index in [1.807, 2.05) is 39.8 Å². The van der Waals surface area contributed by atoms with Crippen molar-refractivity contribution in [3.63, 3.8) is 0 Å². The van der Waals surface area contributed by atoms with Gasteiger partial charge in [-0.15, -0.1) is 10.2 Å². The molecular formula is C23H19Cl2N7O2. The zero-order chi connectivity index (χ0) is 24.4. The number of benzene rings is 2. The Balaban J connectivity index is 1.73. The van der Waals surface area contributed by atoms with Gasteiger partial charge in [-0.1, -0.05) is 62.2 Å². The maximum atomic E-state index is 13.2. The molecule has 0 bridgehead atoms. The van der Waals surface area contributed by atoms with Crippen molar-refractivity contribution in [3.8, 4) is 11.7 Å². The van der Waals surface area contributed by atoms with E-state index in [4.69, 9.17) is 28.3 Å². The van der Waals surface area contributed by atoms with E-state index in [9.17, 15) is 9.90 Å². The fourth-order valence-corrected chi connectivity index (χ4v) is 4.21. The molecule has 0 saturated carbocycles. The van der Waals surface area contributed by atoms with Gasteiger partial charge < -0.3 is 5.11 Å². The second kappa shape index (κ2) is 7.75. The Hall–Kier alpha value is -3.56. The Morgan fingerprint density at radius 3 is 2.32 bits per heavy atom. The number of fused-ring (bicyclic) bond motifs is 2. The molecule has 1 N–H and O–H groups in total. The lowest BCUT2D eigenvalue weighted by molar-refractivity contribution is 0.476. The average Bonchev–Trinajstić information content (AvgIpc) is 3.35. The highest BCUT2D eigenvalue weighted by Crippen LogP contribution is 2.37. The second-order valence-electron chi connectivity index (χ2n) is 8.90. The maximum absolute atomic E-state index is 13.2. The molecule has 11 heteroatoms. The minimum absolute atomic E-state index is 0.0728. The van der Waals surface area contributed by atoms with Crippen LogP contribution in [0.2, 0.25) is 10.0 Å². The van der Waals surface area contributed by atoms with Gasteiger partial charge in [0.1, 0.15) is 5.71 Å². The standard InChI is InChI=1S/C23H19Cl2N7O2/c1-11-13-7-5-6-8-14(13)21(34)32(29-11)22-28-27-20-17(19(23(2,3)4)30-31(20)22)26-12-9-15(24)18(33)16(25)10-12/h5-10,33H,1-4H3. The molecule has 0 unspecified atom stereocenters. The second-order valence-corrected chi connectivity index (χ2v) is 9.71. The monoisotopic (exact) mass is 495 g/mol. The molecule has 3 heterocycles. The lowest BCUT2D eigenvalue weighted by atomic mass is 9.87. The number of hydrogen-bond acceptors (Lipinski definition) is 7. The number of aromatic hydroxyl groups is 1. The summed E-state index contributed by atoms with van der Waals surface area (Å²) in [7, 11) is 0. The van der Waals surface area contributed by atoms with E-state index in [0.29, 0.717) is 34.0 Å². The molecule has 9 nitrogen and oxygen atoms in total. The lowest BCUT2D eigenvalue weighted by Gasteiger charge is -2.18. The molecule has 5 rings (SSSR count). The Labute approximate surface area is 204 Å². The first-order valence-corrected chi connectivity index (χ1v) is 11.1. The summed E-state index contributed by atoms with van der Waals surface area (Å²) in [5, 5.41) is 29.0. The van der Waals surface area contributed by atoms with Crippen molar-refractivity contribution in [2.75, 3.05) is 0 Å². The van der Waals surface area contributed by atoms with Crippen molar-refractivity contribution < 1.29 is 5.11 Å². The van der Waals surface area contributed by atoms with E-state index >= 15 is 0 Å². The van der Waals surface area contributed by atoms with E-state index in [1.54, 1.807) is 12.1 Å². The molecule has 2 aromatic carbocycles. The van der Waals surface area contributed by atoms with Gasteiger partial charge in [0.05, 0.1) is 32.5 Å². The Morgan fingerprint density at radius 2 is 1.68 bits per heavy atom. The topological polar surface area (TPSA) is 111 Å². The summed E-state index contributed by atoms with van der Waals surface area (Å²) in [6, 6.07) is 10.3. The number of rotatable bonds is 2. The quantitative estimate of drug-likeness (QED) is 0.433. The fraction of sp³-hybridized carbons (Fsp3) is 0.217. The highest BCUT2D eigenvalue weighted by molar-refractivity contribution is 6.50. The number of hydrogen-bond donors (Lipinski definition) is 1. The zero-order valence-corrected chi connectivity index (χ0v) is 20.2. The number of aromatic nitrogens is 5. The first-order chi connectivity index (χ1) is 16.1. The van der Waals surface area contributed by atoms with Gasteiger partial charge in [0.2, 0.25) is 5.82 Å². The highest BCUT2D eigenvalue weighted by atomic mass is 35.5. The van der Waals surface area contributed by atoms with E-state index < -0.39 is 5.41 Å². The summed E-state index contributed by atoms with van der Waals surface area (Å²) in [5.74, 6) is 0.285. The molecule has 172 valence electrons. The van der Waals surface area contributed by atoms with Gasteiger partial charge in [-0.3, -0.25) is 4.79 Å². The van der Waals surface area contributed by atoms with Crippen LogP contribution < -0.4 is 5.56 Å². The van der Waals surface area contributed by atoms with E-state index in [-0.39, 0.29) is 27.3 Å². The van der Waals surface area contributed by atoms with Gasteiger partial charge in [0, 0.05) is 10.8 Å². The van der Waals surface area contributed by atoms with Crippen LogP contribution in [0.25, 0.3) is 16.7 Å². The van der Waals surface area contributed by atoms with Crippen LogP contribution in [-0.2, 0) is 0 Å². The van der Waals surface area contributed by atoms with E-state index in [0.717, 1.165) is 5.39 Å². The lowest BCUT2D eigenvalue weighted by Crippen LogP contribution is -2.27. The molecule has 0 atom stereocenters. The molecule has 0 saturated heterocycles. The summed E-state index contributed by atoms with van der Waals surface area (Å²) in [5.41, 5.74) is 1.42. The first kappa shape index (κ1) is 22.2. The van der Waals surface area contributed by atoms with E-state index in [2.05, 4.69) is 20.3 Å². The van der Waals surface area contributed by atoms with Crippen LogP contribution in [0.15, 0.2) is 51.3 Å². The van der Waals surface area contributed by atoms with Gasteiger partial charge in [-0.25, -0.2) is 4.99 Å². The summed E-state index contributed by atoms with van der Waals surface area (Å²) in [6.45, 7) is 7.79. The average molecular weight is 496 g/mol. The Bertz CT molecular complexity index is 1590.